The quantitative estimate of drug-likeness (QED) is 0.206. The number of hydrogen-bond donors (Lipinski definition) is 0. The molecule has 0 spiro atoms. The normalized spacial score (nSPS) is 13.3. The number of ether oxygens (including phenoxy) is 2. The van der Waals surface area contributed by atoms with Crippen molar-refractivity contribution in [1.82, 2.24) is 9.13 Å². The second-order valence-electron chi connectivity index (χ2n) is 10.8. The summed E-state index contributed by atoms with van der Waals surface area (Å²) in [5.41, 5.74) is 8.05. The molecule has 5 aromatic carbocycles. The first-order chi connectivity index (χ1) is 19.5. The highest BCUT2D eigenvalue weighted by Gasteiger charge is 2.28. The Kier molecular flexibility index (Phi) is 3.98. The maximum Gasteiger partial charge on any atom is 0.163 e. The van der Waals surface area contributed by atoms with Crippen LogP contribution in [0.1, 0.15) is 11.1 Å². The van der Waals surface area contributed by atoms with Crippen LogP contribution >= 0.6 is 0 Å². The van der Waals surface area contributed by atoms with Crippen LogP contribution in [0.4, 0.5) is 11.4 Å². The van der Waals surface area contributed by atoms with E-state index in [1.165, 1.54) is 11.0 Å². The van der Waals surface area contributed by atoms with Crippen LogP contribution in [0, 0.1) is 13.8 Å². The third-order valence-electron chi connectivity index (χ3n) is 8.72. The molecule has 0 unspecified atom stereocenters. The molecular formula is C34H24N4O2. The Morgan fingerprint density at radius 3 is 1.38 bits per heavy atom. The van der Waals surface area contributed by atoms with E-state index in [2.05, 4.69) is 97.7 Å². The summed E-state index contributed by atoms with van der Waals surface area (Å²) in [7, 11) is 4.19. The van der Waals surface area contributed by atoms with E-state index < -0.39 is 0 Å². The second-order valence-corrected chi connectivity index (χ2v) is 10.8. The first-order valence-corrected chi connectivity index (χ1v) is 13.5. The number of fused-ring (bicyclic) bond motifs is 12. The highest BCUT2D eigenvalue weighted by Crippen LogP contribution is 2.48. The zero-order chi connectivity index (χ0) is 26.9. The fraction of sp³-hybridized carbons (Fsp3) is 0.118. The predicted molar refractivity (Wildman–Crippen MR) is 159 cm³/mol. The van der Waals surface area contributed by atoms with Crippen LogP contribution in [0.5, 0.6) is 23.0 Å². The molecule has 0 saturated heterocycles. The van der Waals surface area contributed by atoms with Gasteiger partial charge in [0.2, 0.25) is 0 Å². The smallest absolute Gasteiger partial charge is 0.163 e. The predicted octanol–water partition coefficient (Wildman–Crippen LogP) is 7.71. The SMILES string of the molecule is Cc1c2c(c(C)c3c1=Nc1ccc4c(c1O3)c1ccccc1n4C)=Nc1ccc3c(c1O2)c1ccccc1n3C. The molecule has 2 aliphatic rings. The maximum atomic E-state index is 6.78. The van der Waals surface area contributed by atoms with E-state index in [4.69, 9.17) is 19.5 Å². The summed E-state index contributed by atoms with van der Waals surface area (Å²) in [5, 5.41) is 6.07. The van der Waals surface area contributed by atoms with Crippen molar-refractivity contribution in [3.63, 3.8) is 0 Å². The van der Waals surface area contributed by atoms with Crippen LogP contribution in [0.2, 0.25) is 0 Å². The molecule has 4 heterocycles. The summed E-state index contributed by atoms with van der Waals surface area (Å²) in [6.07, 6.45) is 0. The first-order valence-electron chi connectivity index (χ1n) is 13.5. The summed E-state index contributed by atoms with van der Waals surface area (Å²) in [5.74, 6) is 3.06. The largest absolute Gasteiger partial charge is 0.452 e. The molecule has 0 radical (unpaired) electrons. The van der Waals surface area contributed by atoms with Gasteiger partial charge in [-0.15, -0.1) is 0 Å². The van der Waals surface area contributed by atoms with Crippen LogP contribution in [-0.2, 0) is 14.1 Å². The monoisotopic (exact) mass is 520 g/mol. The summed E-state index contributed by atoms with van der Waals surface area (Å²) in [6, 6.07) is 25.2. The molecule has 0 fully saturated rings. The molecule has 2 aliphatic heterocycles. The molecule has 6 heteroatoms. The van der Waals surface area contributed by atoms with Gasteiger partial charge in [-0.3, -0.25) is 0 Å². The van der Waals surface area contributed by atoms with Gasteiger partial charge in [-0.1, -0.05) is 36.4 Å². The van der Waals surface area contributed by atoms with Crippen LogP contribution in [0.15, 0.2) is 82.8 Å². The van der Waals surface area contributed by atoms with E-state index in [9.17, 15) is 0 Å². The average molecular weight is 521 g/mol. The Hall–Kier alpha value is -5.10. The number of benzene rings is 5. The van der Waals surface area contributed by atoms with Gasteiger partial charge in [0.05, 0.1) is 21.8 Å². The molecular weight excluding hydrogens is 496 g/mol. The lowest BCUT2D eigenvalue weighted by atomic mass is 10.0. The lowest BCUT2D eigenvalue weighted by Crippen LogP contribution is -2.25. The summed E-state index contributed by atoms with van der Waals surface area (Å²) < 4.78 is 18.0. The van der Waals surface area contributed by atoms with Crippen molar-refractivity contribution in [3.8, 4) is 23.0 Å². The van der Waals surface area contributed by atoms with Gasteiger partial charge in [-0.25, -0.2) is 9.98 Å². The highest BCUT2D eigenvalue weighted by atomic mass is 16.5. The van der Waals surface area contributed by atoms with E-state index in [1.807, 2.05) is 12.1 Å². The van der Waals surface area contributed by atoms with Crippen molar-refractivity contribution in [2.75, 3.05) is 0 Å². The van der Waals surface area contributed by atoms with Crippen LogP contribution < -0.4 is 20.2 Å². The zero-order valence-corrected chi connectivity index (χ0v) is 22.5. The van der Waals surface area contributed by atoms with Gasteiger partial charge in [0, 0.05) is 47.0 Å². The van der Waals surface area contributed by atoms with Crippen LogP contribution in [0.3, 0.4) is 0 Å². The van der Waals surface area contributed by atoms with E-state index in [-0.39, 0.29) is 0 Å². The topological polar surface area (TPSA) is 53.0 Å². The van der Waals surface area contributed by atoms with Crippen molar-refractivity contribution in [2.24, 2.45) is 24.1 Å². The average Bonchev–Trinajstić information content (AvgIpc) is 3.46. The van der Waals surface area contributed by atoms with Crippen molar-refractivity contribution in [2.45, 2.75) is 13.8 Å². The van der Waals surface area contributed by atoms with Gasteiger partial charge >= 0.3 is 0 Å². The Labute approximate surface area is 229 Å². The van der Waals surface area contributed by atoms with Gasteiger partial charge in [0.15, 0.2) is 23.0 Å². The Morgan fingerprint density at radius 2 is 0.925 bits per heavy atom. The number of para-hydroxylation sites is 2. The standard InChI is InChI=1S/C34H24N4O2/c1-17-29-32(40-34-21(35-29)13-15-26-28(34)20-10-6-8-12-24(20)38(26)4)18(2)30-31(17)39-33-22(36-30)14-16-25-27(33)19-9-5-7-11-23(19)37(25)3/h5-16H,1-4H3. The second kappa shape index (κ2) is 7.30. The molecule has 0 N–H and O–H groups in total. The highest BCUT2D eigenvalue weighted by molar-refractivity contribution is 6.14. The van der Waals surface area contributed by atoms with Crippen molar-refractivity contribution >= 4 is 55.0 Å². The summed E-state index contributed by atoms with van der Waals surface area (Å²) in [6.45, 7) is 4.10. The third kappa shape index (κ3) is 2.54. The molecule has 0 aliphatic carbocycles. The number of aryl methyl sites for hydroxylation is 2. The third-order valence-corrected chi connectivity index (χ3v) is 8.72. The van der Waals surface area contributed by atoms with Crippen molar-refractivity contribution in [1.29, 1.82) is 0 Å². The first kappa shape index (κ1) is 21.8. The van der Waals surface area contributed by atoms with E-state index in [0.29, 0.717) is 0 Å². The van der Waals surface area contributed by atoms with Crippen LogP contribution in [-0.4, -0.2) is 9.13 Å². The van der Waals surface area contributed by atoms with E-state index in [1.54, 1.807) is 0 Å². The lowest BCUT2D eigenvalue weighted by molar-refractivity contribution is 0.448. The minimum atomic E-state index is 0.742. The molecule has 9 rings (SSSR count). The molecule has 0 amide bonds. The number of hydrogen-bond acceptors (Lipinski definition) is 4. The van der Waals surface area contributed by atoms with Gasteiger partial charge < -0.3 is 18.6 Å². The Morgan fingerprint density at radius 1 is 0.500 bits per heavy atom. The Balaban J connectivity index is 1.33. The molecule has 192 valence electrons. The van der Waals surface area contributed by atoms with Gasteiger partial charge in [0.25, 0.3) is 0 Å². The molecule has 0 saturated carbocycles. The fourth-order valence-corrected chi connectivity index (χ4v) is 6.67. The molecule has 7 aromatic rings. The van der Waals surface area contributed by atoms with Crippen LogP contribution in [0.25, 0.3) is 43.6 Å². The fourth-order valence-electron chi connectivity index (χ4n) is 6.67. The summed E-state index contributed by atoms with van der Waals surface area (Å²) >= 11 is 0. The molecule has 2 aromatic heterocycles. The minimum absolute atomic E-state index is 0.742. The van der Waals surface area contributed by atoms with Crippen molar-refractivity contribution in [3.05, 3.63) is 94.6 Å². The number of rotatable bonds is 0. The molecule has 40 heavy (non-hydrogen) atoms. The minimum Gasteiger partial charge on any atom is -0.452 e. The van der Waals surface area contributed by atoms with Gasteiger partial charge in [0.1, 0.15) is 22.1 Å². The van der Waals surface area contributed by atoms with Gasteiger partial charge in [-0.2, -0.15) is 0 Å². The van der Waals surface area contributed by atoms with E-state index >= 15 is 0 Å². The number of aromatic nitrogens is 2. The zero-order valence-electron chi connectivity index (χ0n) is 22.5. The molecule has 0 atom stereocenters. The van der Waals surface area contributed by atoms with E-state index in [0.717, 1.165) is 88.8 Å². The molecule has 0 bridgehead atoms. The summed E-state index contributed by atoms with van der Waals surface area (Å²) in [4.78, 5) is 10.3. The Bertz CT molecular complexity index is 2260. The lowest BCUT2D eigenvalue weighted by Gasteiger charge is -2.23. The van der Waals surface area contributed by atoms with Crippen molar-refractivity contribution < 1.29 is 9.47 Å². The molecule has 6 nitrogen and oxygen atoms in total. The number of nitrogens with zero attached hydrogens (tertiary/aromatic N) is 4. The maximum absolute atomic E-state index is 6.78. The van der Waals surface area contributed by atoms with Gasteiger partial charge in [-0.05, 0) is 50.2 Å².